The maximum atomic E-state index is 8.43. The largest absolute Gasteiger partial charge is 0.392 e. The van der Waals surface area contributed by atoms with E-state index in [4.69, 9.17) is 5.11 Å². The fraction of sp³-hybridized carbons (Fsp3) is 0.714. The molecule has 52 valence electrons. The zero-order chi connectivity index (χ0) is 6.53. The highest BCUT2D eigenvalue weighted by Gasteiger charge is 2.10. The topological polar surface area (TPSA) is 20.2 Å². The molecule has 1 heterocycles. The molecule has 1 N–H and O–H groups in total. The number of allylic oxidation sites excluding steroid dienone is 1. The van der Waals surface area contributed by atoms with E-state index in [1.54, 1.807) is 0 Å². The first-order chi connectivity index (χ1) is 4.43. The van der Waals surface area contributed by atoms with Crippen molar-refractivity contribution in [2.45, 2.75) is 6.42 Å². The molecule has 0 aromatic heterocycles. The first-order valence-corrected chi connectivity index (χ1v) is 4.44. The quantitative estimate of drug-likeness (QED) is 0.589. The molecule has 2 heteroatoms. The first-order valence-electron chi connectivity index (χ1n) is 3.28. The molecule has 0 bridgehead atoms. The van der Waals surface area contributed by atoms with Crippen molar-refractivity contribution < 1.29 is 5.11 Å². The molecule has 1 nitrogen and oxygen atoms in total. The molecule has 0 spiro atoms. The van der Waals surface area contributed by atoms with Gasteiger partial charge in [0, 0.05) is 0 Å². The van der Waals surface area contributed by atoms with Crippen molar-refractivity contribution in [2.24, 2.45) is 5.92 Å². The van der Waals surface area contributed by atoms with Crippen molar-refractivity contribution in [3.8, 4) is 0 Å². The smallest absolute Gasteiger partial charge is 0.0612 e. The minimum Gasteiger partial charge on any atom is -0.392 e. The van der Waals surface area contributed by atoms with Gasteiger partial charge in [-0.25, -0.2) is 0 Å². The summed E-state index contributed by atoms with van der Waals surface area (Å²) in [4.78, 5) is 0. The van der Waals surface area contributed by atoms with Gasteiger partial charge in [-0.15, -0.1) is 0 Å². The Morgan fingerprint density at radius 1 is 1.67 bits per heavy atom. The van der Waals surface area contributed by atoms with E-state index in [0.29, 0.717) is 0 Å². The van der Waals surface area contributed by atoms with Gasteiger partial charge in [-0.2, -0.15) is 11.8 Å². The highest BCUT2D eigenvalue weighted by atomic mass is 32.2. The van der Waals surface area contributed by atoms with Gasteiger partial charge in [0.05, 0.1) is 6.61 Å². The van der Waals surface area contributed by atoms with Crippen molar-refractivity contribution >= 4 is 11.8 Å². The molecule has 0 amide bonds. The zero-order valence-corrected chi connectivity index (χ0v) is 6.23. The summed E-state index contributed by atoms with van der Waals surface area (Å²) in [6.07, 6.45) is 5.26. The zero-order valence-electron chi connectivity index (χ0n) is 5.42. The Hall–Kier alpha value is 0.0500. The van der Waals surface area contributed by atoms with E-state index in [1.807, 2.05) is 17.8 Å². The monoisotopic (exact) mass is 144 g/mol. The van der Waals surface area contributed by atoms with Gasteiger partial charge < -0.3 is 5.11 Å². The number of hydrogen-bond donors (Lipinski definition) is 1. The van der Waals surface area contributed by atoms with Gasteiger partial charge in [0.2, 0.25) is 0 Å². The van der Waals surface area contributed by atoms with E-state index < -0.39 is 0 Å². The SMILES string of the molecule is OC/C=C/C1CCSC1. The Kier molecular flexibility index (Phi) is 3.15. The van der Waals surface area contributed by atoms with Crippen molar-refractivity contribution in [3.63, 3.8) is 0 Å². The second kappa shape index (κ2) is 3.96. The predicted octanol–water partition coefficient (Wildman–Crippen LogP) is 1.29. The third kappa shape index (κ3) is 2.41. The van der Waals surface area contributed by atoms with E-state index in [2.05, 4.69) is 6.08 Å². The van der Waals surface area contributed by atoms with Gasteiger partial charge in [0.25, 0.3) is 0 Å². The minimum atomic E-state index is 0.196. The van der Waals surface area contributed by atoms with Crippen LogP contribution in [0.3, 0.4) is 0 Å². The lowest BCUT2D eigenvalue weighted by molar-refractivity contribution is 0.342. The second-order valence-electron chi connectivity index (χ2n) is 2.23. The standard InChI is InChI=1S/C7H12OS/c8-4-1-2-7-3-5-9-6-7/h1-2,7-8H,3-6H2/b2-1+. The summed E-state index contributed by atoms with van der Waals surface area (Å²) in [5.41, 5.74) is 0. The number of thioether (sulfide) groups is 1. The van der Waals surface area contributed by atoms with Gasteiger partial charge in [0.1, 0.15) is 0 Å². The molecule has 0 aliphatic carbocycles. The maximum absolute atomic E-state index is 8.43. The second-order valence-corrected chi connectivity index (χ2v) is 3.38. The van der Waals surface area contributed by atoms with Crippen molar-refractivity contribution in [2.75, 3.05) is 18.1 Å². The lowest BCUT2D eigenvalue weighted by Gasteiger charge is -1.96. The summed E-state index contributed by atoms with van der Waals surface area (Å²) in [6.45, 7) is 0.196. The Balaban J connectivity index is 2.18. The van der Waals surface area contributed by atoms with Crippen LogP contribution in [0.15, 0.2) is 12.2 Å². The van der Waals surface area contributed by atoms with E-state index in [-0.39, 0.29) is 6.61 Å². The lowest BCUT2D eigenvalue weighted by atomic mass is 10.1. The number of aliphatic hydroxyl groups excluding tert-OH is 1. The van der Waals surface area contributed by atoms with Crippen LogP contribution >= 0.6 is 11.8 Å². The van der Waals surface area contributed by atoms with Gasteiger partial charge >= 0.3 is 0 Å². The highest BCUT2D eigenvalue weighted by molar-refractivity contribution is 7.99. The molecule has 1 aliphatic rings. The minimum absolute atomic E-state index is 0.196. The van der Waals surface area contributed by atoms with Crippen LogP contribution in [0.2, 0.25) is 0 Å². The van der Waals surface area contributed by atoms with Crippen LogP contribution in [0.4, 0.5) is 0 Å². The summed E-state index contributed by atoms with van der Waals surface area (Å²) in [5, 5.41) is 8.43. The Labute approximate surface area is 60.2 Å². The molecule has 1 rings (SSSR count). The average Bonchev–Trinajstić information content (AvgIpc) is 2.34. The highest BCUT2D eigenvalue weighted by Crippen LogP contribution is 2.23. The fourth-order valence-corrected chi connectivity index (χ4v) is 2.17. The van der Waals surface area contributed by atoms with E-state index in [9.17, 15) is 0 Å². The molecule has 0 aromatic carbocycles. The Morgan fingerprint density at radius 2 is 2.56 bits per heavy atom. The van der Waals surface area contributed by atoms with Crippen LogP contribution in [-0.4, -0.2) is 23.2 Å². The summed E-state index contributed by atoms with van der Waals surface area (Å²) >= 11 is 2.00. The van der Waals surface area contributed by atoms with Gasteiger partial charge in [0.15, 0.2) is 0 Å². The first kappa shape index (κ1) is 7.16. The Morgan fingerprint density at radius 3 is 3.11 bits per heavy atom. The molecule has 9 heavy (non-hydrogen) atoms. The van der Waals surface area contributed by atoms with Crippen molar-refractivity contribution in [3.05, 3.63) is 12.2 Å². The third-order valence-electron chi connectivity index (χ3n) is 1.48. The van der Waals surface area contributed by atoms with E-state index in [0.717, 1.165) is 5.92 Å². The molecule has 1 fully saturated rings. The molecule has 0 aromatic rings. The maximum Gasteiger partial charge on any atom is 0.0612 e. The van der Waals surface area contributed by atoms with Crippen molar-refractivity contribution in [1.29, 1.82) is 0 Å². The molecular formula is C7H12OS. The van der Waals surface area contributed by atoms with Crippen LogP contribution in [0.5, 0.6) is 0 Å². The van der Waals surface area contributed by atoms with Gasteiger partial charge in [-0.05, 0) is 23.8 Å². The van der Waals surface area contributed by atoms with Gasteiger partial charge in [-0.3, -0.25) is 0 Å². The van der Waals surface area contributed by atoms with Gasteiger partial charge in [-0.1, -0.05) is 12.2 Å². The number of rotatable bonds is 2. The van der Waals surface area contributed by atoms with E-state index >= 15 is 0 Å². The molecular weight excluding hydrogens is 132 g/mol. The van der Waals surface area contributed by atoms with E-state index in [1.165, 1.54) is 17.9 Å². The fourth-order valence-electron chi connectivity index (χ4n) is 0.958. The summed E-state index contributed by atoms with van der Waals surface area (Å²) < 4.78 is 0. The molecule has 1 aliphatic heterocycles. The molecule has 0 saturated carbocycles. The Bertz CT molecular complexity index is 95.1. The van der Waals surface area contributed by atoms with Crippen molar-refractivity contribution in [1.82, 2.24) is 0 Å². The molecule has 1 atom stereocenters. The lowest BCUT2D eigenvalue weighted by Crippen LogP contribution is -1.91. The molecule has 0 radical (unpaired) electrons. The molecule has 1 unspecified atom stereocenters. The van der Waals surface area contributed by atoms with Crippen LogP contribution in [-0.2, 0) is 0 Å². The molecule has 1 saturated heterocycles. The normalized spacial score (nSPS) is 27.9. The summed E-state index contributed by atoms with van der Waals surface area (Å²) in [6, 6.07) is 0. The number of hydrogen-bond acceptors (Lipinski definition) is 2. The third-order valence-corrected chi connectivity index (χ3v) is 2.67. The summed E-state index contributed by atoms with van der Waals surface area (Å²) in [7, 11) is 0. The van der Waals surface area contributed by atoms with Crippen LogP contribution < -0.4 is 0 Å². The average molecular weight is 144 g/mol. The van der Waals surface area contributed by atoms with Crippen LogP contribution in [0.25, 0.3) is 0 Å². The predicted molar refractivity (Wildman–Crippen MR) is 41.7 cm³/mol. The summed E-state index contributed by atoms with van der Waals surface area (Å²) in [5.74, 6) is 3.28. The van der Waals surface area contributed by atoms with Crippen LogP contribution in [0.1, 0.15) is 6.42 Å². The van der Waals surface area contributed by atoms with Crippen LogP contribution in [0, 0.1) is 5.92 Å². The number of aliphatic hydroxyl groups is 1.